The molecule has 2 heterocycles. The predicted octanol–water partition coefficient (Wildman–Crippen LogP) is -5.07. The molecule has 0 aliphatic carbocycles. The number of nitrogens with zero attached hydrogens (tertiary/aromatic N) is 1. The molecular weight excluding hydrogens is 281 g/mol. The van der Waals surface area contributed by atoms with Crippen LogP contribution in [0.25, 0.3) is 0 Å². The monoisotopic (exact) mass is 295 g/mol. The van der Waals surface area contributed by atoms with Gasteiger partial charge in [0.1, 0.15) is 5.97 Å². The molecule has 0 aromatic rings. The first-order valence-electron chi connectivity index (χ1n) is 5.81. The molecule has 0 bridgehead atoms. The average molecular weight is 295 g/mol. The second kappa shape index (κ2) is 5.61. The number of carboxylic acid groups (broad SMARTS) is 1. The number of amides is 1. The van der Waals surface area contributed by atoms with Crippen molar-refractivity contribution in [1.82, 2.24) is 5.06 Å². The van der Waals surface area contributed by atoms with E-state index < -0.39 is 35.1 Å². The minimum Gasteiger partial charge on any atom is -0.544 e. The second-order valence-electron chi connectivity index (χ2n) is 5.18. The zero-order valence-corrected chi connectivity index (χ0v) is 13.5. The summed E-state index contributed by atoms with van der Waals surface area (Å²) in [7, 11) is 0. The molecule has 2 unspecified atom stereocenters. The standard InChI is InChI=1S/C11H15NO7.Na/c1-10(2,17)6-5-18-12(8(6)14)11(9(15)16)4-3-7(13)19-11;/h6,17H,3-5H2,1-2H3,(H,15,16);/q;+1/p-1. The summed E-state index contributed by atoms with van der Waals surface area (Å²) >= 11 is 0. The van der Waals surface area contributed by atoms with E-state index in [0.29, 0.717) is 5.06 Å². The largest absolute Gasteiger partial charge is 1.00 e. The molecular formula is C11H14NNaO7. The number of hydrogen-bond donors (Lipinski definition) is 1. The van der Waals surface area contributed by atoms with Gasteiger partial charge in [-0.2, -0.15) is 5.06 Å². The number of hydroxylamine groups is 2. The van der Waals surface area contributed by atoms with Crippen LogP contribution in [-0.4, -0.2) is 45.9 Å². The minimum atomic E-state index is -2.23. The van der Waals surface area contributed by atoms with Crippen LogP contribution in [0, 0.1) is 5.92 Å². The van der Waals surface area contributed by atoms with Crippen molar-refractivity contribution in [3.05, 3.63) is 0 Å². The van der Waals surface area contributed by atoms with Gasteiger partial charge in [-0.05, 0) is 13.8 Å². The summed E-state index contributed by atoms with van der Waals surface area (Å²) in [6.45, 7) is 2.64. The number of esters is 1. The van der Waals surface area contributed by atoms with Gasteiger partial charge in [0.2, 0.25) is 0 Å². The summed E-state index contributed by atoms with van der Waals surface area (Å²) in [6, 6.07) is 0. The molecule has 0 radical (unpaired) electrons. The third-order valence-electron chi connectivity index (χ3n) is 3.32. The first-order valence-corrected chi connectivity index (χ1v) is 5.81. The molecule has 8 nitrogen and oxygen atoms in total. The van der Waals surface area contributed by atoms with Crippen molar-refractivity contribution in [2.45, 2.75) is 38.0 Å². The molecule has 9 heteroatoms. The number of cyclic esters (lactones) is 1. The van der Waals surface area contributed by atoms with E-state index in [1.165, 1.54) is 13.8 Å². The predicted molar refractivity (Wildman–Crippen MR) is 55.6 cm³/mol. The number of rotatable bonds is 3. The number of carbonyl (C=O) groups excluding carboxylic acids is 3. The summed E-state index contributed by atoms with van der Waals surface area (Å²) in [4.78, 5) is 39.5. The molecule has 1 N–H and O–H groups in total. The number of hydrogen-bond acceptors (Lipinski definition) is 7. The van der Waals surface area contributed by atoms with Gasteiger partial charge in [0.15, 0.2) is 0 Å². The number of carboxylic acids is 1. The van der Waals surface area contributed by atoms with Gasteiger partial charge in [-0.15, -0.1) is 0 Å². The second-order valence-corrected chi connectivity index (χ2v) is 5.18. The molecule has 2 aliphatic rings. The topological polar surface area (TPSA) is 116 Å². The molecule has 0 spiro atoms. The number of ether oxygens (including phenoxy) is 1. The van der Waals surface area contributed by atoms with Crippen molar-refractivity contribution in [2.75, 3.05) is 6.61 Å². The Morgan fingerprint density at radius 3 is 2.45 bits per heavy atom. The summed E-state index contributed by atoms with van der Waals surface area (Å²) in [6.07, 6.45) is -0.382. The van der Waals surface area contributed by atoms with E-state index >= 15 is 0 Å². The van der Waals surface area contributed by atoms with E-state index in [0.717, 1.165) is 0 Å². The fraction of sp³-hybridized carbons (Fsp3) is 0.727. The fourth-order valence-corrected chi connectivity index (χ4v) is 2.15. The van der Waals surface area contributed by atoms with Crippen LogP contribution in [-0.2, 0) is 24.0 Å². The Morgan fingerprint density at radius 1 is 1.50 bits per heavy atom. The molecule has 0 saturated carbocycles. The molecule has 1 amide bonds. The first kappa shape index (κ1) is 17.4. The maximum absolute atomic E-state index is 12.1. The van der Waals surface area contributed by atoms with Crippen molar-refractivity contribution < 1.29 is 63.7 Å². The molecule has 2 fully saturated rings. The van der Waals surface area contributed by atoms with Crippen LogP contribution >= 0.6 is 0 Å². The molecule has 2 aliphatic heterocycles. The normalized spacial score (nSPS) is 30.1. The zero-order valence-electron chi connectivity index (χ0n) is 11.5. The van der Waals surface area contributed by atoms with Gasteiger partial charge in [-0.1, -0.05) is 0 Å². The number of aliphatic hydroxyl groups is 1. The van der Waals surface area contributed by atoms with Crippen molar-refractivity contribution in [2.24, 2.45) is 5.92 Å². The quantitative estimate of drug-likeness (QED) is 0.409. The van der Waals surface area contributed by atoms with Crippen LogP contribution in [0.15, 0.2) is 0 Å². The molecule has 0 aromatic carbocycles. The fourth-order valence-electron chi connectivity index (χ4n) is 2.15. The zero-order chi connectivity index (χ0) is 14.4. The SMILES string of the molecule is CC(C)(O)C1CON(C2(C(=O)[O-])CCC(=O)O2)C1=O.[Na+]. The van der Waals surface area contributed by atoms with E-state index in [9.17, 15) is 24.6 Å². The van der Waals surface area contributed by atoms with Gasteiger partial charge in [-0.25, -0.2) is 0 Å². The molecule has 20 heavy (non-hydrogen) atoms. The number of aliphatic carboxylic acids is 1. The third-order valence-corrected chi connectivity index (χ3v) is 3.32. The van der Waals surface area contributed by atoms with Crippen LogP contribution in [0.4, 0.5) is 0 Å². The van der Waals surface area contributed by atoms with Crippen molar-refractivity contribution >= 4 is 17.8 Å². The molecule has 0 aromatic heterocycles. The van der Waals surface area contributed by atoms with Crippen LogP contribution in [0.5, 0.6) is 0 Å². The average Bonchev–Trinajstić information content (AvgIpc) is 2.81. The van der Waals surface area contributed by atoms with Crippen LogP contribution in [0.2, 0.25) is 0 Å². The molecule has 106 valence electrons. The smallest absolute Gasteiger partial charge is 0.544 e. The van der Waals surface area contributed by atoms with Gasteiger partial charge < -0.3 is 19.7 Å². The summed E-state index contributed by atoms with van der Waals surface area (Å²) in [5.41, 5.74) is -3.60. The first-order chi connectivity index (χ1) is 8.68. The van der Waals surface area contributed by atoms with Crippen molar-refractivity contribution in [3.63, 3.8) is 0 Å². The molecule has 2 rings (SSSR count). The Balaban J connectivity index is 0.00000200. The summed E-state index contributed by atoms with van der Waals surface area (Å²) in [5.74, 6) is -4.13. The van der Waals surface area contributed by atoms with Gasteiger partial charge in [0.05, 0.1) is 24.5 Å². The Kier molecular flexibility index (Phi) is 4.87. The van der Waals surface area contributed by atoms with Crippen LogP contribution < -0.4 is 34.7 Å². The maximum atomic E-state index is 12.1. The van der Waals surface area contributed by atoms with Gasteiger partial charge in [0, 0.05) is 6.42 Å². The molecule has 2 atom stereocenters. The van der Waals surface area contributed by atoms with E-state index in [-0.39, 0.29) is 49.0 Å². The van der Waals surface area contributed by atoms with Crippen molar-refractivity contribution in [1.29, 1.82) is 0 Å². The summed E-state index contributed by atoms with van der Waals surface area (Å²) in [5, 5.41) is 21.6. The molecule has 2 saturated heterocycles. The third kappa shape index (κ3) is 2.71. The summed E-state index contributed by atoms with van der Waals surface area (Å²) < 4.78 is 4.72. The van der Waals surface area contributed by atoms with Gasteiger partial charge in [-0.3, -0.25) is 14.4 Å². The van der Waals surface area contributed by atoms with Crippen LogP contribution in [0.3, 0.4) is 0 Å². The Bertz CT molecular complexity index is 447. The minimum absolute atomic E-state index is 0. The van der Waals surface area contributed by atoms with Gasteiger partial charge >= 0.3 is 35.5 Å². The Labute approximate surface area is 137 Å². The van der Waals surface area contributed by atoms with Gasteiger partial charge in [0.25, 0.3) is 11.6 Å². The maximum Gasteiger partial charge on any atom is 1.00 e. The van der Waals surface area contributed by atoms with E-state index in [2.05, 4.69) is 0 Å². The van der Waals surface area contributed by atoms with Crippen molar-refractivity contribution in [3.8, 4) is 0 Å². The van der Waals surface area contributed by atoms with E-state index in [1.54, 1.807) is 0 Å². The van der Waals surface area contributed by atoms with Crippen LogP contribution in [0.1, 0.15) is 26.7 Å². The Hall–Kier alpha value is -0.670. The number of carbonyl (C=O) groups is 3. The Morgan fingerprint density at radius 2 is 2.10 bits per heavy atom. The van der Waals surface area contributed by atoms with E-state index in [1.807, 2.05) is 0 Å². The van der Waals surface area contributed by atoms with E-state index in [4.69, 9.17) is 9.57 Å².